The van der Waals surface area contributed by atoms with Crippen LogP contribution in [0.2, 0.25) is 6.82 Å². The van der Waals surface area contributed by atoms with E-state index in [-0.39, 0.29) is 6.92 Å². The van der Waals surface area contributed by atoms with Crippen molar-refractivity contribution in [3.8, 4) is 0 Å². The summed E-state index contributed by atoms with van der Waals surface area (Å²) >= 11 is 0. The molecule has 15 heavy (non-hydrogen) atoms. The lowest BCUT2D eigenvalue weighted by molar-refractivity contribution is 0.329. The highest BCUT2D eigenvalue weighted by molar-refractivity contribution is 6.66. The monoisotopic (exact) mass is 204 g/mol. The zero-order chi connectivity index (χ0) is 11.4. The van der Waals surface area contributed by atoms with Crippen LogP contribution in [0.4, 0.5) is 0 Å². The zero-order valence-electron chi connectivity index (χ0n) is 10.6. The Balaban J connectivity index is 2.88. The normalized spacial score (nSPS) is 10.5. The van der Waals surface area contributed by atoms with Crippen LogP contribution in [0, 0.1) is 20.8 Å². The Morgan fingerprint density at radius 2 is 1.67 bits per heavy atom. The van der Waals surface area contributed by atoms with Crippen LogP contribution in [0.25, 0.3) is 0 Å². The summed E-state index contributed by atoms with van der Waals surface area (Å²) in [5, 5.41) is 0. The first-order chi connectivity index (χ1) is 7.06. The van der Waals surface area contributed by atoms with Gasteiger partial charge in [0.05, 0.1) is 0 Å². The van der Waals surface area contributed by atoms with Crippen molar-refractivity contribution in [1.82, 2.24) is 0 Å². The molecule has 0 spiro atoms. The molecule has 0 unspecified atom stereocenters. The molecule has 1 nitrogen and oxygen atoms in total. The van der Waals surface area contributed by atoms with E-state index >= 15 is 0 Å². The Morgan fingerprint density at radius 1 is 1.07 bits per heavy atom. The minimum atomic E-state index is 0.212. The van der Waals surface area contributed by atoms with E-state index in [9.17, 15) is 0 Å². The van der Waals surface area contributed by atoms with Gasteiger partial charge in [-0.3, -0.25) is 0 Å². The Morgan fingerprint density at radius 3 is 2.27 bits per heavy atom. The van der Waals surface area contributed by atoms with Crippen molar-refractivity contribution in [1.29, 1.82) is 0 Å². The average Bonchev–Trinajstić information content (AvgIpc) is 2.20. The van der Waals surface area contributed by atoms with Crippen molar-refractivity contribution in [3.05, 3.63) is 28.8 Å². The standard InChI is InChI=1S/C13H21BO/c1-6-7-15-14(5)13-9-11(3)10(2)8-12(13)4/h8-9H,6-7H2,1-5H3. The third kappa shape index (κ3) is 3.10. The van der Waals surface area contributed by atoms with Crippen molar-refractivity contribution in [2.45, 2.75) is 40.9 Å². The van der Waals surface area contributed by atoms with Crippen LogP contribution in [-0.4, -0.2) is 13.5 Å². The molecule has 0 aromatic heterocycles. The Labute approximate surface area is 94.0 Å². The highest BCUT2D eigenvalue weighted by atomic mass is 16.4. The maximum absolute atomic E-state index is 5.75. The van der Waals surface area contributed by atoms with Crippen molar-refractivity contribution in [2.75, 3.05) is 6.61 Å². The molecule has 0 atom stereocenters. The largest absolute Gasteiger partial charge is 0.431 e. The van der Waals surface area contributed by atoms with Crippen LogP contribution in [0.3, 0.4) is 0 Å². The summed E-state index contributed by atoms with van der Waals surface area (Å²) in [6.45, 7) is 11.8. The summed E-state index contributed by atoms with van der Waals surface area (Å²) in [6, 6.07) is 4.50. The van der Waals surface area contributed by atoms with Gasteiger partial charge >= 0.3 is 6.92 Å². The zero-order valence-corrected chi connectivity index (χ0v) is 10.6. The van der Waals surface area contributed by atoms with E-state index in [1.54, 1.807) is 0 Å². The van der Waals surface area contributed by atoms with Gasteiger partial charge in [0, 0.05) is 6.61 Å². The van der Waals surface area contributed by atoms with E-state index in [4.69, 9.17) is 4.65 Å². The number of rotatable bonds is 4. The molecule has 1 aromatic rings. The van der Waals surface area contributed by atoms with E-state index < -0.39 is 0 Å². The highest BCUT2D eigenvalue weighted by Gasteiger charge is 2.14. The summed E-state index contributed by atoms with van der Waals surface area (Å²) in [7, 11) is 0. The average molecular weight is 204 g/mol. The molecule has 1 rings (SSSR count). The van der Waals surface area contributed by atoms with Crippen LogP contribution in [0.1, 0.15) is 30.0 Å². The van der Waals surface area contributed by atoms with Gasteiger partial charge < -0.3 is 4.65 Å². The number of hydrogen-bond donors (Lipinski definition) is 0. The van der Waals surface area contributed by atoms with Gasteiger partial charge in [0.1, 0.15) is 0 Å². The summed E-state index contributed by atoms with van der Waals surface area (Å²) in [4.78, 5) is 0. The quantitative estimate of drug-likeness (QED) is 0.685. The molecule has 0 aliphatic heterocycles. The van der Waals surface area contributed by atoms with E-state index in [1.165, 1.54) is 22.2 Å². The maximum Gasteiger partial charge on any atom is 0.323 e. The van der Waals surface area contributed by atoms with Crippen molar-refractivity contribution < 1.29 is 4.65 Å². The Hall–Kier alpha value is -0.755. The van der Waals surface area contributed by atoms with Crippen LogP contribution in [-0.2, 0) is 4.65 Å². The van der Waals surface area contributed by atoms with Crippen LogP contribution in [0.5, 0.6) is 0 Å². The fourth-order valence-corrected chi connectivity index (χ4v) is 1.81. The van der Waals surface area contributed by atoms with Crippen molar-refractivity contribution >= 4 is 12.4 Å². The smallest absolute Gasteiger partial charge is 0.323 e. The minimum absolute atomic E-state index is 0.212. The molecule has 0 aliphatic carbocycles. The lowest BCUT2D eigenvalue weighted by Crippen LogP contribution is -2.33. The van der Waals surface area contributed by atoms with Gasteiger partial charge in [0.2, 0.25) is 0 Å². The molecule has 0 bridgehead atoms. The molecule has 0 heterocycles. The lowest BCUT2D eigenvalue weighted by atomic mass is 9.61. The molecule has 0 fully saturated rings. The summed E-state index contributed by atoms with van der Waals surface area (Å²) < 4.78 is 5.75. The second-order valence-electron chi connectivity index (χ2n) is 4.31. The third-order valence-electron chi connectivity index (χ3n) is 2.89. The molecule has 0 saturated carbocycles. The van der Waals surface area contributed by atoms with Gasteiger partial charge in [-0.1, -0.05) is 31.4 Å². The van der Waals surface area contributed by atoms with Crippen LogP contribution >= 0.6 is 0 Å². The maximum atomic E-state index is 5.75. The van der Waals surface area contributed by atoms with E-state index in [1.807, 2.05) is 0 Å². The highest BCUT2D eigenvalue weighted by Crippen LogP contribution is 2.08. The summed E-state index contributed by atoms with van der Waals surface area (Å²) in [5.41, 5.74) is 5.37. The molecule has 1 aromatic carbocycles. The molecular weight excluding hydrogens is 183 g/mol. The number of aryl methyl sites for hydroxylation is 3. The number of hydrogen-bond acceptors (Lipinski definition) is 1. The Kier molecular flexibility index (Phi) is 4.40. The van der Waals surface area contributed by atoms with Crippen molar-refractivity contribution in [3.63, 3.8) is 0 Å². The molecule has 2 heteroatoms. The van der Waals surface area contributed by atoms with Crippen LogP contribution < -0.4 is 5.46 Å². The lowest BCUT2D eigenvalue weighted by Gasteiger charge is -2.14. The predicted octanol–water partition coefficient (Wildman–Crippen LogP) is 2.87. The third-order valence-corrected chi connectivity index (χ3v) is 2.89. The molecule has 0 saturated heterocycles. The molecule has 0 N–H and O–H groups in total. The molecular formula is C13H21BO. The molecule has 82 valence electrons. The summed E-state index contributed by atoms with van der Waals surface area (Å²) in [5.74, 6) is 0. The van der Waals surface area contributed by atoms with E-state index in [0.717, 1.165) is 13.0 Å². The van der Waals surface area contributed by atoms with Gasteiger partial charge in [0.25, 0.3) is 0 Å². The fraction of sp³-hybridized carbons (Fsp3) is 0.538. The summed E-state index contributed by atoms with van der Waals surface area (Å²) in [6.07, 6.45) is 1.08. The van der Waals surface area contributed by atoms with Gasteiger partial charge in [-0.15, -0.1) is 0 Å². The van der Waals surface area contributed by atoms with Crippen LogP contribution in [0.15, 0.2) is 12.1 Å². The molecule has 0 radical (unpaired) electrons. The van der Waals surface area contributed by atoms with E-state index in [0.29, 0.717) is 0 Å². The molecule has 0 aliphatic rings. The first-order valence-corrected chi connectivity index (χ1v) is 5.75. The minimum Gasteiger partial charge on any atom is -0.431 e. The van der Waals surface area contributed by atoms with Crippen molar-refractivity contribution in [2.24, 2.45) is 0 Å². The van der Waals surface area contributed by atoms with Gasteiger partial charge in [-0.25, -0.2) is 0 Å². The molecule has 0 amide bonds. The second-order valence-corrected chi connectivity index (χ2v) is 4.31. The Bertz CT molecular complexity index is 334. The topological polar surface area (TPSA) is 9.23 Å². The van der Waals surface area contributed by atoms with Gasteiger partial charge in [-0.05, 0) is 43.8 Å². The SMILES string of the molecule is CCCOB(C)c1cc(C)c(C)cc1C. The predicted molar refractivity (Wildman–Crippen MR) is 68.1 cm³/mol. The first kappa shape index (κ1) is 12.3. The second kappa shape index (κ2) is 5.36. The van der Waals surface area contributed by atoms with E-state index in [2.05, 4.69) is 46.7 Å². The van der Waals surface area contributed by atoms with Gasteiger partial charge in [0.15, 0.2) is 0 Å². The fourth-order valence-electron chi connectivity index (χ4n) is 1.81. The first-order valence-electron chi connectivity index (χ1n) is 5.75. The van der Waals surface area contributed by atoms with Gasteiger partial charge in [-0.2, -0.15) is 0 Å². The number of benzene rings is 1.